The molecule has 4 N–H and O–H groups in total. The third kappa shape index (κ3) is 2.27. The number of nitrogens with zero attached hydrogens (tertiary/aromatic N) is 3. The van der Waals surface area contributed by atoms with Crippen LogP contribution >= 0.6 is 0 Å². The predicted octanol–water partition coefficient (Wildman–Crippen LogP) is -0.680. The van der Waals surface area contributed by atoms with Crippen molar-refractivity contribution in [3.63, 3.8) is 0 Å². The number of aliphatic hydroxyl groups is 1. The number of nitrogen functional groups attached to an aromatic ring is 1. The Hall–Kier alpha value is -1.40. The highest BCUT2D eigenvalue weighted by molar-refractivity contribution is 5.47. The van der Waals surface area contributed by atoms with Crippen molar-refractivity contribution in [3.05, 3.63) is 11.9 Å². The fourth-order valence-corrected chi connectivity index (χ4v) is 0.857. The molecule has 0 radical (unpaired) electrons. The average molecular weight is 183 g/mol. The Morgan fingerprint density at radius 3 is 2.69 bits per heavy atom. The second-order valence-electron chi connectivity index (χ2n) is 2.72. The van der Waals surface area contributed by atoms with Gasteiger partial charge in [-0.1, -0.05) is 0 Å². The van der Waals surface area contributed by atoms with Crippen molar-refractivity contribution in [2.24, 2.45) is 5.84 Å². The molecule has 1 aromatic heterocycles. The van der Waals surface area contributed by atoms with Gasteiger partial charge in [0.1, 0.15) is 18.2 Å². The van der Waals surface area contributed by atoms with E-state index in [1.165, 1.54) is 0 Å². The minimum Gasteiger partial charge on any atom is -0.388 e. The second-order valence-corrected chi connectivity index (χ2v) is 2.72. The van der Waals surface area contributed by atoms with Crippen molar-refractivity contribution in [1.82, 2.24) is 9.97 Å². The number of nitrogens with two attached hydrogens (primary N) is 1. The summed E-state index contributed by atoms with van der Waals surface area (Å²) in [5.41, 5.74) is 2.41. The van der Waals surface area contributed by atoms with E-state index in [0.717, 1.165) is 0 Å². The molecule has 0 amide bonds. The summed E-state index contributed by atoms with van der Waals surface area (Å²) in [7, 11) is 3.70. The summed E-state index contributed by atoms with van der Waals surface area (Å²) < 4.78 is 0. The molecule has 0 aliphatic carbocycles. The van der Waals surface area contributed by atoms with Crippen molar-refractivity contribution >= 4 is 11.6 Å². The molecule has 0 bridgehead atoms. The molecule has 0 aromatic carbocycles. The Balaban J connectivity index is 3.07. The molecule has 0 atom stereocenters. The Morgan fingerprint density at radius 2 is 2.23 bits per heavy atom. The first-order valence-corrected chi connectivity index (χ1v) is 3.80. The number of hydrazine groups is 1. The number of hydrogen-bond acceptors (Lipinski definition) is 6. The lowest BCUT2D eigenvalue weighted by molar-refractivity contribution is 0.271. The smallest absolute Gasteiger partial charge is 0.158 e. The summed E-state index contributed by atoms with van der Waals surface area (Å²) in [5, 5.41) is 8.85. The molecular formula is C7H13N5O. The average Bonchev–Trinajstić information content (AvgIpc) is 2.16. The molecule has 0 saturated carbocycles. The van der Waals surface area contributed by atoms with Gasteiger partial charge < -0.3 is 15.4 Å². The molecule has 1 rings (SSSR count). The molecule has 0 saturated heterocycles. The van der Waals surface area contributed by atoms with Crippen molar-refractivity contribution in [1.29, 1.82) is 0 Å². The van der Waals surface area contributed by atoms with Gasteiger partial charge in [0.25, 0.3) is 0 Å². The van der Waals surface area contributed by atoms with Gasteiger partial charge >= 0.3 is 0 Å². The molecule has 0 fully saturated rings. The summed E-state index contributed by atoms with van der Waals surface area (Å²) in [4.78, 5) is 9.80. The van der Waals surface area contributed by atoms with Crippen molar-refractivity contribution in [2.75, 3.05) is 24.4 Å². The number of anilines is 2. The third-order valence-corrected chi connectivity index (χ3v) is 1.51. The summed E-state index contributed by atoms with van der Waals surface area (Å²) in [6.07, 6.45) is 0. The molecule has 0 spiro atoms. The SMILES string of the molecule is CN(C)c1cc(NN)nc(CO)n1. The van der Waals surface area contributed by atoms with Crippen molar-refractivity contribution in [2.45, 2.75) is 6.61 Å². The molecule has 0 unspecified atom stereocenters. The summed E-state index contributed by atoms with van der Waals surface area (Å²) in [5.74, 6) is 6.74. The maximum atomic E-state index is 8.85. The van der Waals surface area contributed by atoms with E-state index < -0.39 is 0 Å². The van der Waals surface area contributed by atoms with E-state index in [9.17, 15) is 0 Å². The molecule has 1 aromatic rings. The molecule has 6 heteroatoms. The fourth-order valence-electron chi connectivity index (χ4n) is 0.857. The van der Waals surface area contributed by atoms with Crippen LogP contribution in [0.25, 0.3) is 0 Å². The zero-order valence-electron chi connectivity index (χ0n) is 7.65. The van der Waals surface area contributed by atoms with Gasteiger partial charge in [-0.15, -0.1) is 0 Å². The summed E-state index contributed by atoms with van der Waals surface area (Å²) in [6.45, 7) is -0.198. The number of rotatable bonds is 3. The van der Waals surface area contributed by atoms with E-state index in [1.54, 1.807) is 6.07 Å². The standard InChI is InChI=1S/C7H13N5O/c1-12(2)7-3-5(11-8)9-6(4-13)10-7/h3,13H,4,8H2,1-2H3,(H,9,10,11). The first kappa shape index (κ1) is 9.69. The van der Waals surface area contributed by atoms with Crippen LogP contribution in [-0.4, -0.2) is 29.2 Å². The highest BCUT2D eigenvalue weighted by Crippen LogP contribution is 2.12. The van der Waals surface area contributed by atoms with Crippen LogP contribution < -0.4 is 16.2 Å². The maximum absolute atomic E-state index is 8.85. The lowest BCUT2D eigenvalue weighted by atomic mass is 10.4. The van der Waals surface area contributed by atoms with Gasteiger partial charge in [0, 0.05) is 20.2 Å². The molecule has 0 aliphatic heterocycles. The van der Waals surface area contributed by atoms with Gasteiger partial charge in [-0.25, -0.2) is 15.8 Å². The summed E-state index contributed by atoms with van der Waals surface area (Å²) >= 11 is 0. The van der Waals surface area contributed by atoms with Crippen LogP contribution in [0.1, 0.15) is 5.82 Å². The van der Waals surface area contributed by atoms with E-state index in [-0.39, 0.29) is 6.61 Å². The largest absolute Gasteiger partial charge is 0.388 e. The molecular weight excluding hydrogens is 170 g/mol. The molecule has 6 nitrogen and oxygen atoms in total. The predicted molar refractivity (Wildman–Crippen MR) is 50.1 cm³/mol. The van der Waals surface area contributed by atoms with Crippen molar-refractivity contribution in [3.8, 4) is 0 Å². The van der Waals surface area contributed by atoms with E-state index in [1.807, 2.05) is 19.0 Å². The Bertz CT molecular complexity index is 266. The van der Waals surface area contributed by atoms with Gasteiger partial charge in [-0.05, 0) is 0 Å². The van der Waals surface area contributed by atoms with Crippen LogP contribution in [0.4, 0.5) is 11.6 Å². The zero-order valence-corrected chi connectivity index (χ0v) is 7.65. The topological polar surface area (TPSA) is 87.3 Å². The van der Waals surface area contributed by atoms with Crippen LogP contribution in [0.2, 0.25) is 0 Å². The minimum atomic E-state index is -0.198. The summed E-state index contributed by atoms with van der Waals surface area (Å²) in [6, 6.07) is 1.69. The van der Waals surface area contributed by atoms with Gasteiger partial charge in [-0.2, -0.15) is 0 Å². The molecule has 0 aliphatic rings. The van der Waals surface area contributed by atoms with Crippen LogP contribution in [-0.2, 0) is 6.61 Å². The molecule has 13 heavy (non-hydrogen) atoms. The zero-order chi connectivity index (χ0) is 9.84. The monoisotopic (exact) mass is 183 g/mol. The normalized spacial score (nSPS) is 9.85. The molecule has 72 valence electrons. The van der Waals surface area contributed by atoms with Gasteiger partial charge in [0.2, 0.25) is 0 Å². The van der Waals surface area contributed by atoms with Gasteiger partial charge in [-0.3, -0.25) is 0 Å². The van der Waals surface area contributed by atoms with E-state index in [4.69, 9.17) is 10.9 Å². The number of aromatic nitrogens is 2. The second kappa shape index (κ2) is 4.01. The van der Waals surface area contributed by atoms with Crippen molar-refractivity contribution < 1.29 is 5.11 Å². The van der Waals surface area contributed by atoms with Crippen LogP contribution in [0.5, 0.6) is 0 Å². The minimum absolute atomic E-state index is 0.198. The maximum Gasteiger partial charge on any atom is 0.158 e. The first-order valence-electron chi connectivity index (χ1n) is 3.80. The number of nitrogens with one attached hydrogen (secondary N) is 1. The lowest BCUT2D eigenvalue weighted by Crippen LogP contribution is -2.16. The van der Waals surface area contributed by atoms with Crippen LogP contribution in [0.15, 0.2) is 6.07 Å². The van der Waals surface area contributed by atoms with E-state index >= 15 is 0 Å². The first-order chi connectivity index (χ1) is 6.17. The fraction of sp³-hybridized carbons (Fsp3) is 0.429. The van der Waals surface area contributed by atoms with E-state index in [0.29, 0.717) is 17.5 Å². The van der Waals surface area contributed by atoms with Gasteiger partial charge in [0.15, 0.2) is 5.82 Å². The number of aliphatic hydroxyl groups excluding tert-OH is 1. The highest BCUT2D eigenvalue weighted by Gasteiger charge is 2.03. The van der Waals surface area contributed by atoms with Crippen LogP contribution in [0, 0.1) is 0 Å². The third-order valence-electron chi connectivity index (χ3n) is 1.51. The Kier molecular flexibility index (Phi) is 2.99. The number of hydrogen-bond donors (Lipinski definition) is 3. The Morgan fingerprint density at radius 1 is 1.54 bits per heavy atom. The van der Waals surface area contributed by atoms with E-state index in [2.05, 4.69) is 15.4 Å². The van der Waals surface area contributed by atoms with Crippen LogP contribution in [0.3, 0.4) is 0 Å². The molecule has 1 heterocycles. The Labute approximate surface area is 76.4 Å². The quantitative estimate of drug-likeness (QED) is 0.425. The lowest BCUT2D eigenvalue weighted by Gasteiger charge is -2.12. The van der Waals surface area contributed by atoms with Gasteiger partial charge in [0.05, 0.1) is 0 Å². The highest BCUT2D eigenvalue weighted by atomic mass is 16.3.